The molecule has 0 saturated heterocycles. The van der Waals surface area contributed by atoms with Gasteiger partial charge < -0.3 is 5.43 Å². The highest BCUT2D eigenvalue weighted by Crippen LogP contribution is 2.20. The van der Waals surface area contributed by atoms with Crippen molar-refractivity contribution in [2.75, 3.05) is 10.7 Å². The van der Waals surface area contributed by atoms with Crippen LogP contribution in [0.25, 0.3) is 0 Å². The van der Waals surface area contributed by atoms with Crippen LogP contribution in [0.15, 0.2) is 18.2 Å². The van der Waals surface area contributed by atoms with Gasteiger partial charge in [-0.3, -0.25) is 16.0 Å². The van der Waals surface area contributed by atoms with Gasteiger partial charge in [-0.2, -0.15) is 0 Å². The predicted molar refractivity (Wildman–Crippen MR) is 71.6 cm³/mol. The number of anilines is 2. The van der Waals surface area contributed by atoms with Crippen LogP contribution in [0.1, 0.15) is 20.9 Å². The Morgan fingerprint density at radius 2 is 2.11 bits per heavy atom. The van der Waals surface area contributed by atoms with Crippen LogP contribution in [0, 0.1) is 13.8 Å². The maximum Gasteiger partial charge on any atom is 0.259 e. The van der Waals surface area contributed by atoms with Crippen LogP contribution in [-0.4, -0.2) is 16.1 Å². The molecule has 0 aliphatic rings. The zero-order valence-corrected chi connectivity index (χ0v) is 10.8. The molecule has 0 fully saturated rings. The van der Waals surface area contributed by atoms with E-state index in [0.717, 1.165) is 10.6 Å². The first-order valence-electron chi connectivity index (χ1n) is 5.29. The molecular weight excluding hydrogens is 250 g/mol. The van der Waals surface area contributed by atoms with E-state index in [0.29, 0.717) is 16.4 Å². The maximum absolute atomic E-state index is 12.0. The summed E-state index contributed by atoms with van der Waals surface area (Å²) >= 11 is 1.32. The molecule has 94 valence electrons. The number of hydrogen-bond donors (Lipinski definition) is 3. The number of rotatable bonds is 3. The van der Waals surface area contributed by atoms with Gasteiger partial charge in [-0.1, -0.05) is 17.4 Å². The van der Waals surface area contributed by atoms with Gasteiger partial charge in [0.05, 0.1) is 11.3 Å². The van der Waals surface area contributed by atoms with Crippen LogP contribution in [0.5, 0.6) is 0 Å². The molecule has 1 aromatic carbocycles. The number of hydrazine groups is 1. The van der Waals surface area contributed by atoms with E-state index in [1.165, 1.54) is 11.3 Å². The molecule has 0 radical (unpaired) electrons. The van der Waals surface area contributed by atoms with Gasteiger partial charge in [0.15, 0.2) is 0 Å². The largest absolute Gasteiger partial charge is 0.323 e. The Balaban J connectivity index is 2.23. The molecular formula is C11H13N5OS. The van der Waals surface area contributed by atoms with E-state index < -0.39 is 0 Å². The number of carbonyl (C=O) groups excluding carboxylic acids is 1. The Bertz CT molecular complexity index is 581. The van der Waals surface area contributed by atoms with Gasteiger partial charge in [-0.15, -0.1) is 10.2 Å². The minimum absolute atomic E-state index is 0.265. The fraction of sp³-hybridized carbons (Fsp3) is 0.182. The summed E-state index contributed by atoms with van der Waals surface area (Å²) in [5.74, 6) is 5.13. The smallest absolute Gasteiger partial charge is 0.259 e. The van der Waals surface area contributed by atoms with Crippen molar-refractivity contribution in [2.45, 2.75) is 13.8 Å². The highest BCUT2D eigenvalue weighted by Gasteiger charge is 2.13. The maximum atomic E-state index is 12.0. The van der Waals surface area contributed by atoms with Gasteiger partial charge in [0, 0.05) is 0 Å². The van der Waals surface area contributed by atoms with Crippen LogP contribution >= 0.6 is 11.3 Å². The molecule has 2 aromatic rings. The first-order valence-corrected chi connectivity index (χ1v) is 6.10. The number of aromatic nitrogens is 2. The van der Waals surface area contributed by atoms with E-state index in [1.807, 2.05) is 19.9 Å². The average Bonchev–Trinajstić information content (AvgIpc) is 2.74. The van der Waals surface area contributed by atoms with Crippen LogP contribution in [-0.2, 0) is 0 Å². The SMILES string of the molecule is Cc1ccc(C(=O)Nc2nnc(C)s2)c(NN)c1. The minimum atomic E-state index is -0.265. The van der Waals surface area contributed by atoms with E-state index in [2.05, 4.69) is 20.9 Å². The van der Waals surface area contributed by atoms with Crippen molar-refractivity contribution in [3.63, 3.8) is 0 Å². The van der Waals surface area contributed by atoms with Crippen molar-refractivity contribution in [3.05, 3.63) is 34.3 Å². The Hall–Kier alpha value is -1.99. The lowest BCUT2D eigenvalue weighted by atomic mass is 10.1. The lowest BCUT2D eigenvalue weighted by Gasteiger charge is -2.08. The molecule has 0 atom stereocenters. The summed E-state index contributed by atoms with van der Waals surface area (Å²) in [6, 6.07) is 5.37. The van der Waals surface area contributed by atoms with Crippen molar-refractivity contribution in [2.24, 2.45) is 5.84 Å². The zero-order chi connectivity index (χ0) is 13.1. The molecule has 4 N–H and O–H groups in total. The Labute approximate surface area is 108 Å². The molecule has 0 unspecified atom stereocenters. The lowest BCUT2D eigenvalue weighted by molar-refractivity contribution is 0.102. The van der Waals surface area contributed by atoms with Crippen molar-refractivity contribution in [1.82, 2.24) is 10.2 Å². The third-order valence-corrected chi connectivity index (χ3v) is 3.08. The zero-order valence-electron chi connectivity index (χ0n) is 10.0. The topological polar surface area (TPSA) is 92.9 Å². The Morgan fingerprint density at radius 3 is 2.72 bits per heavy atom. The molecule has 1 heterocycles. The van der Waals surface area contributed by atoms with Gasteiger partial charge >= 0.3 is 0 Å². The lowest BCUT2D eigenvalue weighted by Crippen LogP contribution is -2.17. The van der Waals surface area contributed by atoms with Crippen molar-refractivity contribution >= 4 is 28.1 Å². The van der Waals surface area contributed by atoms with Crippen molar-refractivity contribution in [3.8, 4) is 0 Å². The van der Waals surface area contributed by atoms with Gasteiger partial charge in [0.25, 0.3) is 5.91 Å². The van der Waals surface area contributed by atoms with E-state index in [9.17, 15) is 4.79 Å². The fourth-order valence-corrected chi connectivity index (χ4v) is 2.07. The second-order valence-corrected chi connectivity index (χ2v) is 4.96. The standard InChI is InChI=1S/C11H13N5OS/c1-6-3-4-8(9(5-6)14-12)10(17)13-11-16-15-7(2)18-11/h3-5,14H,12H2,1-2H3,(H,13,16,17). The summed E-state index contributed by atoms with van der Waals surface area (Å²) in [5, 5.41) is 11.6. The van der Waals surface area contributed by atoms with Crippen LogP contribution in [0.3, 0.4) is 0 Å². The quantitative estimate of drug-likeness (QED) is 0.579. The highest BCUT2D eigenvalue weighted by molar-refractivity contribution is 7.15. The molecule has 18 heavy (non-hydrogen) atoms. The molecule has 1 aromatic heterocycles. The molecule has 7 heteroatoms. The summed E-state index contributed by atoms with van der Waals surface area (Å²) in [5.41, 5.74) is 4.58. The molecule has 2 rings (SSSR count). The Morgan fingerprint density at radius 1 is 1.33 bits per heavy atom. The third kappa shape index (κ3) is 2.63. The average molecular weight is 263 g/mol. The van der Waals surface area contributed by atoms with Crippen LogP contribution in [0.2, 0.25) is 0 Å². The summed E-state index contributed by atoms with van der Waals surface area (Å²) in [6.07, 6.45) is 0. The molecule has 0 aliphatic carbocycles. The van der Waals surface area contributed by atoms with Crippen LogP contribution in [0.4, 0.5) is 10.8 Å². The summed E-state index contributed by atoms with van der Waals surface area (Å²) in [7, 11) is 0. The van der Waals surface area contributed by atoms with Gasteiger partial charge in [-0.05, 0) is 31.5 Å². The number of amides is 1. The summed E-state index contributed by atoms with van der Waals surface area (Å²) in [4.78, 5) is 12.0. The normalized spacial score (nSPS) is 10.2. The minimum Gasteiger partial charge on any atom is -0.323 e. The van der Waals surface area contributed by atoms with Crippen LogP contribution < -0.4 is 16.6 Å². The van der Waals surface area contributed by atoms with Gasteiger partial charge in [0.2, 0.25) is 5.13 Å². The summed E-state index contributed by atoms with van der Waals surface area (Å²) in [6.45, 7) is 3.75. The monoisotopic (exact) mass is 263 g/mol. The van der Waals surface area contributed by atoms with Crippen molar-refractivity contribution < 1.29 is 4.79 Å². The molecule has 0 spiro atoms. The Kier molecular flexibility index (Phi) is 3.54. The number of nitrogens with one attached hydrogen (secondary N) is 2. The molecule has 0 aliphatic heterocycles. The van der Waals surface area contributed by atoms with Crippen molar-refractivity contribution in [1.29, 1.82) is 0 Å². The molecule has 0 saturated carbocycles. The second-order valence-electron chi connectivity index (χ2n) is 3.77. The molecule has 1 amide bonds. The number of benzene rings is 1. The first kappa shape index (κ1) is 12.5. The van der Waals surface area contributed by atoms with E-state index in [1.54, 1.807) is 12.1 Å². The van der Waals surface area contributed by atoms with Gasteiger partial charge in [0.1, 0.15) is 5.01 Å². The van der Waals surface area contributed by atoms with E-state index in [4.69, 9.17) is 5.84 Å². The second kappa shape index (κ2) is 5.11. The molecule has 6 nitrogen and oxygen atoms in total. The summed E-state index contributed by atoms with van der Waals surface area (Å²) < 4.78 is 0. The highest BCUT2D eigenvalue weighted by atomic mass is 32.1. The number of hydrogen-bond acceptors (Lipinski definition) is 6. The predicted octanol–water partition coefficient (Wildman–Crippen LogP) is 1.69. The number of nitrogens with zero attached hydrogens (tertiary/aromatic N) is 2. The number of carbonyl (C=O) groups is 1. The fourth-order valence-electron chi connectivity index (χ4n) is 1.49. The number of nitrogens with two attached hydrogens (primary N) is 1. The van der Waals surface area contributed by atoms with E-state index in [-0.39, 0.29) is 5.91 Å². The number of nitrogen functional groups attached to an aromatic ring is 1. The van der Waals surface area contributed by atoms with E-state index >= 15 is 0 Å². The van der Waals surface area contributed by atoms with Gasteiger partial charge in [-0.25, -0.2) is 0 Å². The third-order valence-electron chi connectivity index (χ3n) is 2.32. The molecule has 0 bridgehead atoms. The number of aryl methyl sites for hydroxylation is 2. The first-order chi connectivity index (χ1) is 8.60.